The monoisotopic (exact) mass is 502 g/mol. The van der Waals surface area contributed by atoms with Crippen molar-refractivity contribution in [3.8, 4) is 0 Å². The van der Waals surface area contributed by atoms with Gasteiger partial charge in [0.15, 0.2) is 0 Å². The minimum atomic E-state index is -0.814. The Morgan fingerprint density at radius 2 is 1.84 bits per heavy atom. The summed E-state index contributed by atoms with van der Waals surface area (Å²) >= 11 is 0. The van der Waals surface area contributed by atoms with Crippen LogP contribution in [0.4, 0.5) is 10.5 Å². The lowest BCUT2D eigenvalue weighted by molar-refractivity contribution is -0.130. The second kappa shape index (κ2) is 10.6. The Kier molecular flexibility index (Phi) is 7.47. The van der Waals surface area contributed by atoms with Crippen molar-refractivity contribution in [1.29, 1.82) is 0 Å². The van der Waals surface area contributed by atoms with Gasteiger partial charge in [0.25, 0.3) is 0 Å². The minimum absolute atomic E-state index is 0.189. The van der Waals surface area contributed by atoms with E-state index in [1.807, 2.05) is 54.6 Å². The quantitative estimate of drug-likeness (QED) is 0.556. The van der Waals surface area contributed by atoms with Crippen LogP contribution >= 0.6 is 0 Å². The smallest absolute Gasteiger partial charge is 0.410 e. The van der Waals surface area contributed by atoms with Crippen LogP contribution in [-0.2, 0) is 27.3 Å². The number of aryl methyl sites for hydroxylation is 1. The number of carbonyl (C=O) groups excluding carboxylic acids is 3. The van der Waals surface area contributed by atoms with Gasteiger partial charge in [-0.25, -0.2) is 4.79 Å². The van der Waals surface area contributed by atoms with Crippen molar-refractivity contribution in [2.45, 2.75) is 64.8 Å². The maximum atomic E-state index is 13.9. The summed E-state index contributed by atoms with van der Waals surface area (Å²) in [6.07, 6.45) is 2.25. The van der Waals surface area contributed by atoms with Crippen LogP contribution in [0.25, 0.3) is 10.9 Å². The van der Waals surface area contributed by atoms with E-state index in [1.54, 1.807) is 38.8 Å². The van der Waals surface area contributed by atoms with Gasteiger partial charge >= 0.3 is 6.09 Å². The van der Waals surface area contributed by atoms with Crippen molar-refractivity contribution in [3.05, 3.63) is 71.9 Å². The van der Waals surface area contributed by atoms with E-state index in [1.165, 1.54) is 11.9 Å². The number of hydrogen-bond acceptors (Lipinski definition) is 5. The number of pyridine rings is 1. The highest BCUT2D eigenvalue weighted by Crippen LogP contribution is 2.30. The summed E-state index contributed by atoms with van der Waals surface area (Å²) in [5.74, 6) is -0.599. The van der Waals surface area contributed by atoms with Crippen LogP contribution in [0.5, 0.6) is 0 Å². The summed E-state index contributed by atoms with van der Waals surface area (Å²) in [5, 5.41) is 3.88. The predicted octanol–water partition coefficient (Wildman–Crippen LogP) is 4.45. The number of likely N-dealkylation sites (N-methyl/N-ethyl adjacent to an activating group) is 1. The van der Waals surface area contributed by atoms with Crippen molar-refractivity contribution in [3.63, 3.8) is 0 Å². The van der Waals surface area contributed by atoms with E-state index in [9.17, 15) is 14.4 Å². The molecule has 4 rings (SSSR count). The van der Waals surface area contributed by atoms with Crippen LogP contribution in [0.15, 0.2) is 60.8 Å². The van der Waals surface area contributed by atoms with Gasteiger partial charge in [0.1, 0.15) is 17.7 Å². The summed E-state index contributed by atoms with van der Waals surface area (Å²) < 4.78 is 5.39. The molecular formula is C29H34N4O4. The normalized spacial score (nSPS) is 16.5. The molecule has 8 heteroatoms. The number of benzene rings is 2. The molecule has 0 bridgehead atoms. The van der Waals surface area contributed by atoms with Crippen LogP contribution in [0.1, 0.15) is 45.2 Å². The Morgan fingerprint density at radius 3 is 2.59 bits per heavy atom. The predicted molar refractivity (Wildman–Crippen MR) is 143 cm³/mol. The molecule has 0 fully saturated rings. The van der Waals surface area contributed by atoms with Crippen LogP contribution in [-0.4, -0.2) is 52.5 Å². The molecule has 3 amide bonds. The molecule has 0 radical (unpaired) electrons. The molecule has 0 saturated heterocycles. The summed E-state index contributed by atoms with van der Waals surface area (Å²) in [7, 11) is 1.52. The number of aromatic nitrogens is 1. The van der Waals surface area contributed by atoms with Crippen molar-refractivity contribution >= 4 is 34.5 Å². The number of anilines is 1. The van der Waals surface area contributed by atoms with Crippen molar-refractivity contribution in [2.75, 3.05) is 11.9 Å². The molecule has 1 aromatic heterocycles. The Bertz CT molecular complexity index is 1310. The van der Waals surface area contributed by atoms with E-state index < -0.39 is 29.7 Å². The van der Waals surface area contributed by atoms with Crippen molar-refractivity contribution in [2.24, 2.45) is 0 Å². The third-order valence-corrected chi connectivity index (χ3v) is 6.58. The Morgan fingerprint density at radius 1 is 1.14 bits per heavy atom. The number of rotatable bonds is 5. The molecule has 0 aliphatic carbocycles. The highest BCUT2D eigenvalue weighted by atomic mass is 16.6. The lowest BCUT2D eigenvalue weighted by Crippen LogP contribution is -2.54. The van der Waals surface area contributed by atoms with Gasteiger partial charge in [-0.3, -0.25) is 19.5 Å². The number of nitrogens with zero attached hydrogens (tertiary/aromatic N) is 3. The molecule has 0 saturated carbocycles. The van der Waals surface area contributed by atoms with Crippen molar-refractivity contribution in [1.82, 2.24) is 15.2 Å². The Hall–Kier alpha value is -3.94. The van der Waals surface area contributed by atoms with Gasteiger partial charge in [0.2, 0.25) is 11.8 Å². The lowest BCUT2D eigenvalue weighted by Gasteiger charge is -2.30. The van der Waals surface area contributed by atoms with Crippen molar-refractivity contribution < 1.29 is 19.1 Å². The first-order valence-corrected chi connectivity index (χ1v) is 12.5. The molecule has 0 spiro atoms. The summed E-state index contributed by atoms with van der Waals surface area (Å²) in [5.41, 5.74) is 3.04. The molecule has 3 aromatic rings. The van der Waals surface area contributed by atoms with Gasteiger partial charge in [-0.2, -0.15) is 0 Å². The molecule has 2 aromatic carbocycles. The third kappa shape index (κ3) is 5.90. The number of carbonyl (C=O) groups is 3. The first-order chi connectivity index (χ1) is 17.5. The lowest BCUT2D eigenvalue weighted by atomic mass is 10.1. The van der Waals surface area contributed by atoms with Gasteiger partial charge < -0.3 is 15.0 Å². The first kappa shape index (κ1) is 26.1. The number of para-hydroxylation sites is 2. The average Bonchev–Trinajstić information content (AvgIpc) is 2.99. The fraction of sp³-hybridized carbons (Fsp3) is 0.379. The zero-order valence-electron chi connectivity index (χ0n) is 22.0. The van der Waals surface area contributed by atoms with E-state index in [-0.39, 0.29) is 5.91 Å². The second-order valence-corrected chi connectivity index (χ2v) is 10.4. The number of fused-ring (bicyclic) bond motifs is 2. The van der Waals surface area contributed by atoms with Gasteiger partial charge in [-0.15, -0.1) is 0 Å². The first-order valence-electron chi connectivity index (χ1n) is 12.5. The van der Waals surface area contributed by atoms with E-state index in [2.05, 4.69) is 10.3 Å². The number of nitrogens with one attached hydrogen (secondary N) is 1. The summed E-state index contributed by atoms with van der Waals surface area (Å²) in [6.45, 7) is 7.28. The standard InChI is InChI=1S/C29H34N4O4/c1-19(32(5)28(36)37-29(2,3)4)26(34)31-24-15-14-20-10-6-9-13-25(20)33(27(24)35)18-21-16-17-30-23-12-8-7-11-22(21)23/h6-13,16-17,19,24H,14-15,18H2,1-5H3,(H,31,34)/t19-,24-/m0/s1. The maximum absolute atomic E-state index is 13.9. The summed E-state index contributed by atoms with van der Waals surface area (Å²) in [4.78, 5) is 46.9. The topological polar surface area (TPSA) is 91.8 Å². The maximum Gasteiger partial charge on any atom is 0.410 e. The Balaban J connectivity index is 1.58. The number of ether oxygens (including phenoxy) is 1. The molecule has 8 nitrogen and oxygen atoms in total. The SMILES string of the molecule is C[C@@H](C(=O)N[C@H]1CCc2ccccc2N(Cc2ccnc3ccccc23)C1=O)N(C)C(=O)OC(C)(C)C. The van der Waals surface area contributed by atoms with Gasteiger partial charge in [0, 0.05) is 24.3 Å². The van der Waals surface area contributed by atoms with Crippen LogP contribution in [0.3, 0.4) is 0 Å². The molecule has 194 valence electrons. The van der Waals surface area contributed by atoms with E-state index in [0.717, 1.165) is 27.7 Å². The zero-order valence-corrected chi connectivity index (χ0v) is 22.0. The van der Waals surface area contributed by atoms with Crippen LogP contribution in [0, 0.1) is 0 Å². The molecule has 1 aliphatic rings. The van der Waals surface area contributed by atoms with E-state index in [4.69, 9.17) is 4.74 Å². The largest absolute Gasteiger partial charge is 0.444 e. The van der Waals surface area contributed by atoms with E-state index in [0.29, 0.717) is 19.4 Å². The zero-order chi connectivity index (χ0) is 26.7. The molecule has 2 atom stereocenters. The number of hydrogen-bond donors (Lipinski definition) is 1. The summed E-state index contributed by atoms with van der Waals surface area (Å²) in [6, 6.07) is 16.1. The van der Waals surface area contributed by atoms with Crippen LogP contribution < -0.4 is 10.2 Å². The van der Waals surface area contributed by atoms with Gasteiger partial charge in [-0.05, 0) is 69.9 Å². The fourth-order valence-corrected chi connectivity index (χ4v) is 4.44. The minimum Gasteiger partial charge on any atom is -0.444 e. The fourth-order valence-electron chi connectivity index (χ4n) is 4.44. The Labute approximate surface area is 217 Å². The van der Waals surface area contributed by atoms with Gasteiger partial charge in [0.05, 0.1) is 12.1 Å². The third-order valence-electron chi connectivity index (χ3n) is 6.58. The molecular weight excluding hydrogens is 468 g/mol. The second-order valence-electron chi connectivity index (χ2n) is 10.4. The van der Waals surface area contributed by atoms with Gasteiger partial charge in [-0.1, -0.05) is 36.4 Å². The van der Waals surface area contributed by atoms with Crippen LogP contribution in [0.2, 0.25) is 0 Å². The molecule has 0 unspecified atom stereocenters. The highest BCUT2D eigenvalue weighted by Gasteiger charge is 2.34. The molecule has 37 heavy (non-hydrogen) atoms. The molecule has 2 heterocycles. The highest BCUT2D eigenvalue weighted by molar-refractivity contribution is 6.01. The van der Waals surface area contributed by atoms with E-state index >= 15 is 0 Å². The molecule has 1 aliphatic heterocycles. The number of amides is 3. The molecule has 1 N–H and O–H groups in total. The average molecular weight is 503 g/mol.